The highest BCUT2D eigenvalue weighted by Crippen LogP contribution is 2.36. The molecule has 0 unspecified atom stereocenters. The number of nitrogens with zero attached hydrogens (tertiary/aromatic N) is 2. The summed E-state index contributed by atoms with van der Waals surface area (Å²) in [5.74, 6) is 0.526. The Hall–Kier alpha value is -3.20. The van der Waals surface area contributed by atoms with E-state index in [2.05, 4.69) is 64.7 Å². The second kappa shape index (κ2) is 4.90. The first-order valence-corrected chi connectivity index (χ1v) is 7.93. The van der Waals surface area contributed by atoms with E-state index in [0.29, 0.717) is 5.88 Å². The SMILES string of the molecule is Cc1cc(/N=C\c2cc3cccc4ccc5cccc2c5c43)on1. The van der Waals surface area contributed by atoms with Gasteiger partial charge in [0.1, 0.15) is 0 Å². The Morgan fingerprint density at radius 2 is 1.62 bits per heavy atom. The Morgan fingerprint density at radius 3 is 2.42 bits per heavy atom. The molecule has 0 amide bonds. The number of benzene rings is 4. The maximum Gasteiger partial charge on any atom is 0.250 e. The third-order valence-corrected chi connectivity index (χ3v) is 4.49. The van der Waals surface area contributed by atoms with Gasteiger partial charge in [-0.05, 0) is 45.3 Å². The fraction of sp³-hybridized carbons (Fsp3) is 0.0476. The van der Waals surface area contributed by atoms with Crippen molar-refractivity contribution in [2.45, 2.75) is 6.92 Å². The molecule has 114 valence electrons. The maximum absolute atomic E-state index is 5.18. The molecule has 0 N–H and O–H groups in total. The number of hydrogen-bond acceptors (Lipinski definition) is 3. The molecule has 0 radical (unpaired) electrons. The lowest BCUT2D eigenvalue weighted by atomic mass is 9.92. The molecule has 1 heterocycles. The second-order valence-electron chi connectivity index (χ2n) is 6.08. The van der Waals surface area contributed by atoms with Crippen molar-refractivity contribution >= 4 is 44.4 Å². The molecule has 4 aromatic carbocycles. The van der Waals surface area contributed by atoms with Crippen molar-refractivity contribution in [3.05, 3.63) is 71.9 Å². The van der Waals surface area contributed by atoms with Gasteiger partial charge in [-0.25, -0.2) is 4.99 Å². The molecule has 0 saturated heterocycles. The van der Waals surface area contributed by atoms with Gasteiger partial charge in [0.2, 0.25) is 0 Å². The Morgan fingerprint density at radius 1 is 0.875 bits per heavy atom. The van der Waals surface area contributed by atoms with Gasteiger partial charge in [0.15, 0.2) is 0 Å². The molecular formula is C21H14N2O. The van der Waals surface area contributed by atoms with E-state index in [9.17, 15) is 0 Å². The lowest BCUT2D eigenvalue weighted by molar-refractivity contribution is 0.425. The Balaban J connectivity index is 1.83. The zero-order valence-corrected chi connectivity index (χ0v) is 13.2. The number of hydrogen-bond donors (Lipinski definition) is 0. The van der Waals surface area contributed by atoms with Crippen LogP contribution in [0.5, 0.6) is 0 Å². The summed E-state index contributed by atoms with van der Waals surface area (Å²) in [6, 6.07) is 21.2. The van der Waals surface area contributed by atoms with E-state index < -0.39 is 0 Å². The molecule has 0 aliphatic heterocycles. The summed E-state index contributed by atoms with van der Waals surface area (Å²) >= 11 is 0. The van der Waals surface area contributed by atoms with Crippen LogP contribution in [0.25, 0.3) is 32.3 Å². The minimum absolute atomic E-state index is 0.526. The highest BCUT2D eigenvalue weighted by molar-refractivity contribution is 6.26. The van der Waals surface area contributed by atoms with E-state index >= 15 is 0 Å². The largest absolute Gasteiger partial charge is 0.336 e. The topological polar surface area (TPSA) is 38.4 Å². The number of rotatable bonds is 2. The molecule has 0 bridgehead atoms. The maximum atomic E-state index is 5.18. The van der Waals surface area contributed by atoms with Crippen LogP contribution in [0.2, 0.25) is 0 Å². The summed E-state index contributed by atoms with van der Waals surface area (Å²) in [4.78, 5) is 4.45. The Kier molecular flexibility index (Phi) is 2.71. The number of aromatic nitrogens is 1. The van der Waals surface area contributed by atoms with Gasteiger partial charge in [-0.3, -0.25) is 0 Å². The molecule has 0 spiro atoms. The fourth-order valence-electron chi connectivity index (χ4n) is 3.44. The predicted molar refractivity (Wildman–Crippen MR) is 98.6 cm³/mol. The highest BCUT2D eigenvalue weighted by atomic mass is 16.5. The van der Waals surface area contributed by atoms with Crippen LogP contribution < -0.4 is 0 Å². The van der Waals surface area contributed by atoms with Crippen LogP contribution in [0.15, 0.2) is 70.2 Å². The van der Waals surface area contributed by atoms with Gasteiger partial charge < -0.3 is 4.52 Å². The normalized spacial score (nSPS) is 12.2. The Labute approximate surface area is 138 Å². The van der Waals surface area contributed by atoms with E-state index in [1.807, 2.05) is 19.2 Å². The minimum Gasteiger partial charge on any atom is -0.336 e. The quantitative estimate of drug-likeness (QED) is 0.313. The second-order valence-corrected chi connectivity index (χ2v) is 6.08. The third-order valence-electron chi connectivity index (χ3n) is 4.49. The van der Waals surface area contributed by atoms with Gasteiger partial charge in [0.25, 0.3) is 5.88 Å². The van der Waals surface area contributed by atoms with Crippen molar-refractivity contribution in [3.8, 4) is 0 Å². The molecule has 3 heteroatoms. The van der Waals surface area contributed by atoms with E-state index in [4.69, 9.17) is 4.52 Å². The Bertz CT molecular complexity index is 1220. The van der Waals surface area contributed by atoms with Gasteiger partial charge in [-0.2, -0.15) is 0 Å². The summed E-state index contributed by atoms with van der Waals surface area (Å²) in [6.07, 6.45) is 1.86. The third kappa shape index (κ3) is 1.91. The average Bonchev–Trinajstić information content (AvgIpc) is 3.03. The molecule has 3 nitrogen and oxygen atoms in total. The van der Waals surface area contributed by atoms with Crippen molar-refractivity contribution in [1.82, 2.24) is 5.16 Å². The first-order chi connectivity index (χ1) is 11.8. The van der Waals surface area contributed by atoms with E-state index in [0.717, 1.165) is 11.3 Å². The predicted octanol–water partition coefficient (Wildman–Crippen LogP) is 5.63. The van der Waals surface area contributed by atoms with Gasteiger partial charge in [0.05, 0.1) is 5.69 Å². The standard InChI is InChI=1S/C21H14N2O/c1-13-10-19(24-23-13)22-12-17-11-16-6-2-4-14-8-9-15-5-3-7-18(17)21(15)20(14)16/h2-12H,1H3/b22-12-. The van der Waals surface area contributed by atoms with Crippen molar-refractivity contribution in [2.75, 3.05) is 0 Å². The van der Waals surface area contributed by atoms with Crippen LogP contribution >= 0.6 is 0 Å². The van der Waals surface area contributed by atoms with Crippen molar-refractivity contribution in [3.63, 3.8) is 0 Å². The summed E-state index contributed by atoms with van der Waals surface area (Å²) in [7, 11) is 0. The van der Waals surface area contributed by atoms with Crippen molar-refractivity contribution < 1.29 is 4.52 Å². The van der Waals surface area contributed by atoms with Gasteiger partial charge >= 0.3 is 0 Å². The lowest BCUT2D eigenvalue weighted by Crippen LogP contribution is -1.89. The minimum atomic E-state index is 0.526. The molecule has 1 aromatic heterocycles. The van der Waals surface area contributed by atoms with Gasteiger partial charge in [-0.1, -0.05) is 53.7 Å². The van der Waals surface area contributed by atoms with Crippen LogP contribution in [0.3, 0.4) is 0 Å². The molecule has 0 atom stereocenters. The first-order valence-electron chi connectivity index (χ1n) is 7.93. The molecule has 5 aromatic rings. The lowest BCUT2D eigenvalue weighted by Gasteiger charge is -2.12. The van der Waals surface area contributed by atoms with E-state index in [1.54, 1.807) is 0 Å². The van der Waals surface area contributed by atoms with Crippen LogP contribution in [0.4, 0.5) is 5.88 Å². The van der Waals surface area contributed by atoms with Crippen LogP contribution in [-0.2, 0) is 0 Å². The number of aliphatic imine (C=N–C) groups is 1. The molecule has 5 rings (SSSR count). The summed E-state index contributed by atoms with van der Waals surface area (Å²) < 4.78 is 5.18. The molecule has 0 saturated carbocycles. The first kappa shape index (κ1) is 13.3. The van der Waals surface area contributed by atoms with Crippen molar-refractivity contribution in [1.29, 1.82) is 0 Å². The van der Waals surface area contributed by atoms with E-state index in [-0.39, 0.29) is 0 Å². The smallest absolute Gasteiger partial charge is 0.250 e. The fourth-order valence-corrected chi connectivity index (χ4v) is 3.44. The average molecular weight is 310 g/mol. The van der Waals surface area contributed by atoms with Crippen molar-refractivity contribution in [2.24, 2.45) is 4.99 Å². The highest BCUT2D eigenvalue weighted by Gasteiger charge is 2.10. The summed E-state index contributed by atoms with van der Waals surface area (Å²) in [5, 5.41) is 11.4. The monoisotopic (exact) mass is 310 g/mol. The zero-order valence-electron chi connectivity index (χ0n) is 13.2. The van der Waals surface area contributed by atoms with E-state index in [1.165, 1.54) is 32.3 Å². The van der Waals surface area contributed by atoms with Crippen LogP contribution in [0, 0.1) is 6.92 Å². The molecule has 0 aliphatic rings. The number of aryl methyl sites for hydroxylation is 1. The summed E-state index contributed by atoms with van der Waals surface area (Å²) in [6.45, 7) is 1.89. The molecule has 24 heavy (non-hydrogen) atoms. The molecule has 0 fully saturated rings. The van der Waals surface area contributed by atoms with Gasteiger partial charge in [-0.15, -0.1) is 0 Å². The van der Waals surface area contributed by atoms with Gasteiger partial charge in [0, 0.05) is 17.8 Å². The molecular weight excluding hydrogens is 296 g/mol. The zero-order chi connectivity index (χ0) is 16.1. The summed E-state index contributed by atoms with van der Waals surface area (Å²) in [5.41, 5.74) is 1.91. The van der Waals surface area contributed by atoms with Crippen LogP contribution in [-0.4, -0.2) is 11.4 Å². The molecule has 0 aliphatic carbocycles. The van der Waals surface area contributed by atoms with Crippen LogP contribution in [0.1, 0.15) is 11.3 Å².